The predicted molar refractivity (Wildman–Crippen MR) is 71.2 cm³/mol. The Labute approximate surface area is 118 Å². The van der Waals surface area contributed by atoms with E-state index in [9.17, 15) is 14.7 Å². The molecule has 1 atom stereocenters. The minimum absolute atomic E-state index is 0.0867. The van der Waals surface area contributed by atoms with Crippen LogP contribution in [-0.4, -0.2) is 41.8 Å². The summed E-state index contributed by atoms with van der Waals surface area (Å²) in [5.41, 5.74) is 0.185. The molecule has 0 bridgehead atoms. The first kappa shape index (κ1) is 15.5. The van der Waals surface area contributed by atoms with E-state index in [0.29, 0.717) is 4.47 Å². The molecule has 0 radical (unpaired) electrons. The summed E-state index contributed by atoms with van der Waals surface area (Å²) in [5, 5.41) is 20.8. The highest BCUT2D eigenvalue weighted by Gasteiger charge is 2.20. The first-order valence-electron chi connectivity index (χ1n) is 5.46. The lowest BCUT2D eigenvalue weighted by atomic mass is 10.1. The Balaban J connectivity index is 2.75. The van der Waals surface area contributed by atoms with Gasteiger partial charge in [0.1, 0.15) is 11.8 Å². The van der Waals surface area contributed by atoms with Crippen molar-refractivity contribution in [3.05, 3.63) is 28.2 Å². The number of nitrogens with one attached hydrogen (secondary N) is 1. The molecule has 1 aromatic carbocycles. The van der Waals surface area contributed by atoms with Gasteiger partial charge in [0.05, 0.1) is 4.47 Å². The molecule has 1 amide bonds. The summed E-state index contributed by atoms with van der Waals surface area (Å²) in [6.07, 6.45) is 0.167. The van der Waals surface area contributed by atoms with Crippen LogP contribution in [0.3, 0.4) is 0 Å². The number of aromatic hydroxyl groups is 1. The van der Waals surface area contributed by atoms with Crippen molar-refractivity contribution in [1.82, 2.24) is 5.32 Å². The van der Waals surface area contributed by atoms with Crippen LogP contribution in [0.15, 0.2) is 22.7 Å². The Bertz CT molecular complexity index is 477. The number of benzene rings is 1. The van der Waals surface area contributed by atoms with Crippen molar-refractivity contribution in [3.63, 3.8) is 0 Å². The zero-order chi connectivity index (χ0) is 14.4. The summed E-state index contributed by atoms with van der Waals surface area (Å²) in [6.45, 7) is 0.225. The number of hydrogen-bond donors (Lipinski definition) is 3. The van der Waals surface area contributed by atoms with Gasteiger partial charge in [0.15, 0.2) is 0 Å². The van der Waals surface area contributed by atoms with E-state index >= 15 is 0 Å². The average molecular weight is 332 g/mol. The topological polar surface area (TPSA) is 95.9 Å². The molecule has 1 aromatic rings. The van der Waals surface area contributed by atoms with Crippen LogP contribution in [0.1, 0.15) is 16.8 Å². The molecule has 0 aliphatic rings. The molecule has 104 valence electrons. The number of amides is 1. The summed E-state index contributed by atoms with van der Waals surface area (Å²) < 4.78 is 5.24. The number of phenols is 1. The maximum absolute atomic E-state index is 11.8. The highest BCUT2D eigenvalue weighted by Crippen LogP contribution is 2.24. The Morgan fingerprint density at radius 3 is 2.68 bits per heavy atom. The van der Waals surface area contributed by atoms with Crippen molar-refractivity contribution in [2.24, 2.45) is 0 Å². The maximum atomic E-state index is 11.8. The van der Waals surface area contributed by atoms with E-state index in [2.05, 4.69) is 21.2 Å². The molecule has 1 rings (SSSR count). The van der Waals surface area contributed by atoms with E-state index in [1.54, 1.807) is 0 Å². The normalized spacial score (nSPS) is 11.9. The minimum atomic E-state index is -1.13. The van der Waals surface area contributed by atoms with Gasteiger partial charge in [-0.3, -0.25) is 4.79 Å². The van der Waals surface area contributed by atoms with Gasteiger partial charge < -0.3 is 20.3 Å². The lowest BCUT2D eigenvalue weighted by Gasteiger charge is -2.14. The molecule has 0 fully saturated rings. The third-order valence-electron chi connectivity index (χ3n) is 2.42. The maximum Gasteiger partial charge on any atom is 0.326 e. The van der Waals surface area contributed by atoms with E-state index in [-0.39, 0.29) is 24.3 Å². The van der Waals surface area contributed by atoms with E-state index in [1.807, 2.05) is 0 Å². The summed E-state index contributed by atoms with van der Waals surface area (Å²) in [6, 6.07) is 3.22. The molecular formula is C12H14BrNO5. The molecule has 19 heavy (non-hydrogen) atoms. The number of carbonyl (C=O) groups is 2. The smallest absolute Gasteiger partial charge is 0.326 e. The third kappa shape index (κ3) is 4.53. The molecule has 0 saturated carbocycles. The second-order valence-electron chi connectivity index (χ2n) is 3.81. The monoisotopic (exact) mass is 331 g/mol. The number of aliphatic carboxylic acids is 1. The van der Waals surface area contributed by atoms with Crippen LogP contribution in [-0.2, 0) is 9.53 Å². The Hall–Kier alpha value is -1.60. The van der Waals surface area contributed by atoms with Gasteiger partial charge in [0.25, 0.3) is 5.91 Å². The average Bonchev–Trinajstić information content (AvgIpc) is 2.37. The first-order valence-corrected chi connectivity index (χ1v) is 6.26. The predicted octanol–water partition coefficient (Wildman–Crippen LogP) is 1.37. The number of ether oxygens (including phenoxy) is 1. The minimum Gasteiger partial charge on any atom is -0.507 e. The SMILES string of the molecule is COCCC(NC(=O)c1ccc(Br)c(O)c1)C(=O)O. The van der Waals surface area contributed by atoms with Crippen molar-refractivity contribution in [2.45, 2.75) is 12.5 Å². The molecule has 7 heteroatoms. The van der Waals surface area contributed by atoms with Gasteiger partial charge in [0, 0.05) is 25.7 Å². The standard InChI is InChI=1S/C12H14BrNO5/c1-19-5-4-9(12(17)18)14-11(16)7-2-3-8(13)10(15)6-7/h2-3,6,9,15H,4-5H2,1H3,(H,14,16)(H,17,18). The Morgan fingerprint density at radius 1 is 1.47 bits per heavy atom. The van der Waals surface area contributed by atoms with Gasteiger partial charge in [0.2, 0.25) is 0 Å². The van der Waals surface area contributed by atoms with E-state index in [1.165, 1.54) is 25.3 Å². The van der Waals surface area contributed by atoms with E-state index in [4.69, 9.17) is 9.84 Å². The number of carboxylic acids is 1. The molecule has 0 aromatic heterocycles. The van der Waals surface area contributed by atoms with Gasteiger partial charge in [-0.15, -0.1) is 0 Å². The summed E-state index contributed by atoms with van der Waals surface area (Å²) >= 11 is 3.09. The number of hydrogen-bond acceptors (Lipinski definition) is 4. The number of rotatable bonds is 6. The lowest BCUT2D eigenvalue weighted by molar-refractivity contribution is -0.139. The zero-order valence-electron chi connectivity index (χ0n) is 10.2. The van der Waals surface area contributed by atoms with Crippen molar-refractivity contribution >= 4 is 27.8 Å². The highest BCUT2D eigenvalue weighted by atomic mass is 79.9. The Morgan fingerprint density at radius 2 is 2.16 bits per heavy atom. The molecule has 0 saturated heterocycles. The number of carbonyl (C=O) groups excluding carboxylic acids is 1. The van der Waals surface area contributed by atoms with Crippen molar-refractivity contribution in [3.8, 4) is 5.75 Å². The fraction of sp³-hybridized carbons (Fsp3) is 0.333. The van der Waals surface area contributed by atoms with Crippen LogP contribution in [0, 0.1) is 0 Å². The van der Waals surface area contributed by atoms with E-state index in [0.717, 1.165) is 0 Å². The van der Waals surface area contributed by atoms with Crippen LogP contribution < -0.4 is 5.32 Å². The number of methoxy groups -OCH3 is 1. The molecule has 1 unspecified atom stereocenters. The summed E-state index contributed by atoms with van der Waals surface area (Å²) in [4.78, 5) is 22.8. The van der Waals surface area contributed by atoms with Crippen LogP contribution in [0.25, 0.3) is 0 Å². The quantitative estimate of drug-likeness (QED) is 0.731. The van der Waals surface area contributed by atoms with Crippen LogP contribution in [0.2, 0.25) is 0 Å². The fourth-order valence-corrected chi connectivity index (χ4v) is 1.64. The molecule has 3 N–H and O–H groups in total. The van der Waals surface area contributed by atoms with Gasteiger partial charge in [-0.1, -0.05) is 0 Å². The molecule has 0 spiro atoms. The second kappa shape index (κ2) is 7.10. The van der Waals surface area contributed by atoms with E-state index < -0.39 is 17.9 Å². The molecule has 6 nitrogen and oxygen atoms in total. The van der Waals surface area contributed by atoms with Crippen molar-refractivity contribution < 1.29 is 24.5 Å². The molecule has 0 heterocycles. The molecule has 0 aliphatic carbocycles. The second-order valence-corrected chi connectivity index (χ2v) is 4.67. The van der Waals surface area contributed by atoms with Gasteiger partial charge >= 0.3 is 5.97 Å². The first-order chi connectivity index (χ1) is 8.95. The van der Waals surface area contributed by atoms with Gasteiger partial charge in [-0.25, -0.2) is 4.79 Å². The van der Waals surface area contributed by atoms with Crippen molar-refractivity contribution in [2.75, 3.05) is 13.7 Å². The highest BCUT2D eigenvalue weighted by molar-refractivity contribution is 9.10. The number of carboxylic acid groups (broad SMARTS) is 1. The van der Waals surface area contributed by atoms with Crippen LogP contribution in [0.5, 0.6) is 5.75 Å². The lowest BCUT2D eigenvalue weighted by Crippen LogP contribution is -2.41. The summed E-state index contributed by atoms with van der Waals surface area (Å²) in [5.74, 6) is -1.78. The summed E-state index contributed by atoms with van der Waals surface area (Å²) in [7, 11) is 1.45. The van der Waals surface area contributed by atoms with Crippen LogP contribution >= 0.6 is 15.9 Å². The van der Waals surface area contributed by atoms with Gasteiger partial charge in [-0.05, 0) is 34.1 Å². The fourth-order valence-electron chi connectivity index (χ4n) is 1.39. The van der Waals surface area contributed by atoms with Crippen LogP contribution in [0.4, 0.5) is 0 Å². The number of halogens is 1. The molecule has 0 aliphatic heterocycles. The zero-order valence-corrected chi connectivity index (χ0v) is 11.8. The Kier molecular flexibility index (Phi) is 5.78. The van der Waals surface area contributed by atoms with Gasteiger partial charge in [-0.2, -0.15) is 0 Å². The largest absolute Gasteiger partial charge is 0.507 e. The van der Waals surface area contributed by atoms with Crippen molar-refractivity contribution in [1.29, 1.82) is 0 Å². The number of phenolic OH excluding ortho intramolecular Hbond substituents is 1. The third-order valence-corrected chi connectivity index (χ3v) is 3.09. The molecular weight excluding hydrogens is 318 g/mol.